The van der Waals surface area contributed by atoms with Crippen LogP contribution in [0.5, 0.6) is 0 Å². The van der Waals surface area contributed by atoms with E-state index in [-0.39, 0.29) is 6.04 Å². The zero-order valence-corrected chi connectivity index (χ0v) is 12.3. The molecule has 0 saturated heterocycles. The molecule has 0 bridgehead atoms. The molecule has 0 aromatic heterocycles. The van der Waals surface area contributed by atoms with Crippen molar-refractivity contribution >= 4 is 0 Å². The van der Waals surface area contributed by atoms with Gasteiger partial charge in [-0.05, 0) is 37.6 Å². The molecule has 114 valence electrons. The minimum Gasteiger partial charge on any atom is -0.377 e. The van der Waals surface area contributed by atoms with Gasteiger partial charge in [0.1, 0.15) is 0 Å². The molecular weight excluding hydrogens is 267 g/mol. The van der Waals surface area contributed by atoms with Gasteiger partial charge in [0, 0.05) is 7.11 Å². The molecule has 0 fully saturated rings. The molecule has 0 spiro atoms. The van der Waals surface area contributed by atoms with Crippen LogP contribution in [0.25, 0.3) is 0 Å². The van der Waals surface area contributed by atoms with Crippen LogP contribution in [0, 0.1) is 0 Å². The van der Waals surface area contributed by atoms with Crippen LogP contribution in [0.4, 0.5) is 13.2 Å². The molecule has 0 aliphatic rings. The highest BCUT2D eigenvalue weighted by Crippen LogP contribution is 2.35. The fourth-order valence-electron chi connectivity index (χ4n) is 2.25. The Hall–Kier alpha value is -1.07. The molecule has 1 aromatic carbocycles. The standard InChI is InChI=1S/C15H22F3NO/c1-5-14(3,20-4)13(19-6-2)11-8-7-9-12(10-11)15(16,17)18/h7-10,13,19H,5-6H2,1-4H3. The number of alkyl halides is 3. The lowest BCUT2D eigenvalue weighted by atomic mass is 9.87. The van der Waals surface area contributed by atoms with Gasteiger partial charge in [-0.15, -0.1) is 0 Å². The van der Waals surface area contributed by atoms with Gasteiger partial charge in [0.2, 0.25) is 0 Å². The fraction of sp³-hybridized carbons (Fsp3) is 0.600. The molecule has 2 unspecified atom stereocenters. The molecule has 2 nitrogen and oxygen atoms in total. The number of rotatable bonds is 6. The van der Waals surface area contributed by atoms with E-state index in [1.165, 1.54) is 12.1 Å². The smallest absolute Gasteiger partial charge is 0.377 e. The zero-order chi connectivity index (χ0) is 15.4. The molecule has 0 radical (unpaired) electrons. The third kappa shape index (κ3) is 3.73. The van der Waals surface area contributed by atoms with Crippen molar-refractivity contribution in [3.8, 4) is 0 Å². The Kier molecular flexibility index (Phi) is 5.59. The number of likely N-dealkylation sites (N-methyl/N-ethyl adjacent to an activating group) is 1. The minimum absolute atomic E-state index is 0.287. The first kappa shape index (κ1) is 17.0. The molecule has 0 saturated carbocycles. The van der Waals surface area contributed by atoms with E-state index in [9.17, 15) is 13.2 Å². The summed E-state index contributed by atoms with van der Waals surface area (Å²) in [5, 5.41) is 3.23. The Bertz CT molecular complexity index is 427. The van der Waals surface area contributed by atoms with Crippen molar-refractivity contribution in [3.63, 3.8) is 0 Å². The van der Waals surface area contributed by atoms with Gasteiger partial charge in [-0.3, -0.25) is 0 Å². The number of methoxy groups -OCH3 is 1. The Balaban J connectivity index is 3.22. The van der Waals surface area contributed by atoms with E-state index in [0.717, 1.165) is 6.07 Å². The van der Waals surface area contributed by atoms with Gasteiger partial charge in [-0.25, -0.2) is 0 Å². The Morgan fingerprint density at radius 3 is 2.35 bits per heavy atom. The summed E-state index contributed by atoms with van der Waals surface area (Å²) in [5.41, 5.74) is -0.597. The lowest BCUT2D eigenvalue weighted by Crippen LogP contribution is -2.42. The molecule has 0 aliphatic carbocycles. The van der Waals surface area contributed by atoms with Crippen molar-refractivity contribution in [2.45, 2.75) is 45.0 Å². The van der Waals surface area contributed by atoms with E-state index in [1.54, 1.807) is 13.2 Å². The topological polar surface area (TPSA) is 21.3 Å². The predicted molar refractivity (Wildman–Crippen MR) is 73.6 cm³/mol. The van der Waals surface area contributed by atoms with Gasteiger partial charge in [0.25, 0.3) is 0 Å². The number of hydrogen-bond acceptors (Lipinski definition) is 2. The third-order valence-corrected chi connectivity index (χ3v) is 3.73. The molecule has 2 atom stereocenters. The molecule has 0 amide bonds. The van der Waals surface area contributed by atoms with E-state index in [0.29, 0.717) is 18.5 Å². The molecule has 1 N–H and O–H groups in total. The van der Waals surface area contributed by atoms with Crippen LogP contribution in [-0.2, 0) is 10.9 Å². The first-order valence-electron chi connectivity index (χ1n) is 6.74. The van der Waals surface area contributed by atoms with Gasteiger partial charge >= 0.3 is 6.18 Å². The second-order valence-corrected chi connectivity index (χ2v) is 4.98. The molecule has 0 heterocycles. The van der Waals surface area contributed by atoms with Crippen LogP contribution in [0.2, 0.25) is 0 Å². The number of hydrogen-bond donors (Lipinski definition) is 1. The van der Waals surface area contributed by atoms with E-state index >= 15 is 0 Å². The zero-order valence-electron chi connectivity index (χ0n) is 12.3. The Morgan fingerprint density at radius 2 is 1.90 bits per heavy atom. The monoisotopic (exact) mass is 289 g/mol. The van der Waals surface area contributed by atoms with Crippen LogP contribution >= 0.6 is 0 Å². The summed E-state index contributed by atoms with van der Waals surface area (Å²) in [6.45, 7) is 6.44. The van der Waals surface area contributed by atoms with E-state index in [1.807, 2.05) is 20.8 Å². The molecule has 1 rings (SSSR count). The fourth-order valence-corrected chi connectivity index (χ4v) is 2.25. The van der Waals surface area contributed by atoms with Gasteiger partial charge < -0.3 is 10.1 Å². The number of nitrogens with one attached hydrogen (secondary N) is 1. The molecule has 5 heteroatoms. The number of halogens is 3. The van der Waals surface area contributed by atoms with Crippen molar-refractivity contribution < 1.29 is 17.9 Å². The van der Waals surface area contributed by atoms with Gasteiger partial charge in [0.05, 0.1) is 17.2 Å². The average Bonchev–Trinajstić information content (AvgIpc) is 2.43. The molecule has 1 aromatic rings. The van der Waals surface area contributed by atoms with Crippen molar-refractivity contribution in [2.24, 2.45) is 0 Å². The second-order valence-electron chi connectivity index (χ2n) is 4.98. The summed E-state index contributed by atoms with van der Waals surface area (Å²) in [4.78, 5) is 0. The van der Waals surface area contributed by atoms with Crippen molar-refractivity contribution in [1.82, 2.24) is 5.32 Å². The van der Waals surface area contributed by atoms with E-state index < -0.39 is 17.3 Å². The summed E-state index contributed by atoms with van der Waals surface area (Å²) >= 11 is 0. The average molecular weight is 289 g/mol. The van der Waals surface area contributed by atoms with Crippen LogP contribution in [0.1, 0.15) is 44.4 Å². The number of ether oxygens (including phenoxy) is 1. The largest absolute Gasteiger partial charge is 0.416 e. The van der Waals surface area contributed by atoms with Crippen LogP contribution in [0.15, 0.2) is 24.3 Å². The highest BCUT2D eigenvalue weighted by molar-refractivity contribution is 5.29. The summed E-state index contributed by atoms with van der Waals surface area (Å²) in [7, 11) is 1.58. The SMILES string of the molecule is CCNC(c1cccc(C(F)(F)F)c1)C(C)(CC)OC. The van der Waals surface area contributed by atoms with Crippen molar-refractivity contribution in [3.05, 3.63) is 35.4 Å². The second kappa shape index (κ2) is 6.59. The molecule has 0 aliphatic heterocycles. The lowest BCUT2D eigenvalue weighted by Gasteiger charge is -2.37. The van der Waals surface area contributed by atoms with Gasteiger partial charge in [-0.2, -0.15) is 13.2 Å². The lowest BCUT2D eigenvalue weighted by molar-refractivity contribution is -0.137. The first-order chi connectivity index (χ1) is 9.28. The molecular formula is C15H22F3NO. The van der Waals surface area contributed by atoms with Crippen molar-refractivity contribution in [1.29, 1.82) is 0 Å². The maximum atomic E-state index is 12.8. The van der Waals surface area contributed by atoms with Crippen LogP contribution in [-0.4, -0.2) is 19.3 Å². The maximum absolute atomic E-state index is 12.8. The van der Waals surface area contributed by atoms with Gasteiger partial charge in [0.15, 0.2) is 0 Å². The van der Waals surface area contributed by atoms with Gasteiger partial charge in [-0.1, -0.05) is 26.0 Å². The summed E-state index contributed by atoms with van der Waals surface area (Å²) in [5.74, 6) is 0. The first-order valence-corrected chi connectivity index (χ1v) is 6.74. The normalized spacial score (nSPS) is 16.8. The number of benzene rings is 1. The summed E-state index contributed by atoms with van der Waals surface area (Å²) in [6.07, 6.45) is -3.64. The van der Waals surface area contributed by atoms with Crippen LogP contribution in [0.3, 0.4) is 0 Å². The third-order valence-electron chi connectivity index (χ3n) is 3.73. The minimum atomic E-state index is -4.33. The van der Waals surface area contributed by atoms with Crippen molar-refractivity contribution in [2.75, 3.05) is 13.7 Å². The Labute approximate surface area is 118 Å². The highest BCUT2D eigenvalue weighted by atomic mass is 19.4. The molecule has 20 heavy (non-hydrogen) atoms. The summed E-state index contributed by atoms with van der Waals surface area (Å²) < 4.78 is 44.0. The summed E-state index contributed by atoms with van der Waals surface area (Å²) in [6, 6.07) is 5.14. The van der Waals surface area contributed by atoms with Crippen LogP contribution < -0.4 is 5.32 Å². The maximum Gasteiger partial charge on any atom is 0.416 e. The quantitative estimate of drug-likeness (QED) is 0.848. The Morgan fingerprint density at radius 1 is 1.25 bits per heavy atom. The van der Waals surface area contributed by atoms with E-state index in [4.69, 9.17) is 4.74 Å². The predicted octanol–water partition coefficient (Wildman–Crippen LogP) is 4.17. The van der Waals surface area contributed by atoms with E-state index in [2.05, 4.69) is 5.32 Å². The highest BCUT2D eigenvalue weighted by Gasteiger charge is 2.36.